The van der Waals surface area contributed by atoms with Gasteiger partial charge in [0.25, 0.3) is 5.76 Å². The molecule has 0 fully saturated rings. The summed E-state index contributed by atoms with van der Waals surface area (Å²) in [5, 5.41) is 0.137. The number of fused-ring (bicyclic) bond motifs is 1. The zero-order valence-corrected chi connectivity index (χ0v) is 15.4. The second-order valence-electron chi connectivity index (χ2n) is 5.90. The Morgan fingerprint density at radius 1 is 1.19 bits per heavy atom. The standard InChI is InChI=1S/C20H19F2N3OS/c1-2-12-24(13-15-8-4-3-5-9-15)18(26)14-25-17-11-7-6-10-16(17)23-20(25)27-19(21)22/h2-11,19H,1,12-14H2. The van der Waals surface area contributed by atoms with Crippen molar-refractivity contribution in [2.24, 2.45) is 0 Å². The number of thioether (sulfide) groups is 1. The molecule has 0 radical (unpaired) electrons. The first-order chi connectivity index (χ1) is 13.1. The first-order valence-corrected chi connectivity index (χ1v) is 9.29. The summed E-state index contributed by atoms with van der Waals surface area (Å²) in [5.41, 5.74) is 2.24. The first-order valence-electron chi connectivity index (χ1n) is 8.41. The van der Waals surface area contributed by atoms with Crippen LogP contribution in [0, 0.1) is 0 Å². The molecule has 7 heteroatoms. The van der Waals surface area contributed by atoms with Crippen molar-refractivity contribution in [1.29, 1.82) is 0 Å². The predicted octanol–water partition coefficient (Wildman–Crippen LogP) is 4.57. The number of hydrogen-bond acceptors (Lipinski definition) is 3. The van der Waals surface area contributed by atoms with E-state index in [2.05, 4.69) is 11.6 Å². The van der Waals surface area contributed by atoms with E-state index in [4.69, 9.17) is 0 Å². The lowest BCUT2D eigenvalue weighted by molar-refractivity contribution is -0.132. The lowest BCUT2D eigenvalue weighted by Gasteiger charge is -2.22. The minimum absolute atomic E-state index is 0.0593. The summed E-state index contributed by atoms with van der Waals surface area (Å²) in [6, 6.07) is 16.7. The molecule has 3 aromatic rings. The normalized spacial score (nSPS) is 11.1. The summed E-state index contributed by atoms with van der Waals surface area (Å²) >= 11 is 0.349. The number of halogens is 2. The second-order valence-corrected chi connectivity index (χ2v) is 6.85. The SMILES string of the molecule is C=CCN(Cc1ccccc1)C(=O)Cn1c(SC(F)F)nc2ccccc21. The van der Waals surface area contributed by atoms with Crippen molar-refractivity contribution in [2.75, 3.05) is 6.54 Å². The van der Waals surface area contributed by atoms with Crippen molar-refractivity contribution in [3.05, 3.63) is 72.8 Å². The van der Waals surface area contributed by atoms with Gasteiger partial charge >= 0.3 is 0 Å². The van der Waals surface area contributed by atoms with Gasteiger partial charge in [-0.25, -0.2) is 4.98 Å². The van der Waals surface area contributed by atoms with Crippen LogP contribution in [0.4, 0.5) is 8.78 Å². The van der Waals surface area contributed by atoms with Crippen LogP contribution in [0.15, 0.2) is 72.4 Å². The molecule has 1 amide bonds. The zero-order valence-electron chi connectivity index (χ0n) is 14.6. The van der Waals surface area contributed by atoms with Crippen molar-refractivity contribution < 1.29 is 13.6 Å². The van der Waals surface area contributed by atoms with Gasteiger partial charge in [0.2, 0.25) is 5.91 Å². The average Bonchev–Trinajstić information content (AvgIpc) is 2.99. The lowest BCUT2D eigenvalue weighted by atomic mass is 10.2. The Labute approximate surface area is 160 Å². The summed E-state index contributed by atoms with van der Waals surface area (Å²) in [4.78, 5) is 18.8. The van der Waals surface area contributed by atoms with E-state index in [1.165, 1.54) is 0 Å². The molecule has 1 aromatic heterocycles. The molecule has 27 heavy (non-hydrogen) atoms. The number of alkyl halides is 2. The van der Waals surface area contributed by atoms with Crippen LogP contribution in [0.5, 0.6) is 0 Å². The number of carbonyl (C=O) groups is 1. The monoisotopic (exact) mass is 387 g/mol. The number of rotatable bonds is 8. The number of para-hydroxylation sites is 2. The number of hydrogen-bond donors (Lipinski definition) is 0. The van der Waals surface area contributed by atoms with E-state index in [-0.39, 0.29) is 17.6 Å². The van der Waals surface area contributed by atoms with E-state index in [9.17, 15) is 13.6 Å². The van der Waals surface area contributed by atoms with Crippen LogP contribution in [-0.4, -0.2) is 32.7 Å². The van der Waals surface area contributed by atoms with Gasteiger partial charge < -0.3 is 9.47 Å². The van der Waals surface area contributed by atoms with E-state index in [0.29, 0.717) is 35.9 Å². The van der Waals surface area contributed by atoms with Gasteiger partial charge in [0.15, 0.2) is 5.16 Å². The molecule has 2 aromatic carbocycles. The molecule has 4 nitrogen and oxygen atoms in total. The largest absolute Gasteiger partial charge is 0.333 e. The fourth-order valence-electron chi connectivity index (χ4n) is 2.83. The molecule has 0 aliphatic heterocycles. The van der Waals surface area contributed by atoms with Crippen molar-refractivity contribution >= 4 is 28.7 Å². The molecule has 0 spiro atoms. The van der Waals surface area contributed by atoms with Gasteiger partial charge in [-0.3, -0.25) is 4.79 Å². The zero-order chi connectivity index (χ0) is 19.2. The Bertz CT molecular complexity index is 927. The van der Waals surface area contributed by atoms with Crippen molar-refractivity contribution in [3.8, 4) is 0 Å². The third-order valence-corrected chi connectivity index (χ3v) is 4.73. The van der Waals surface area contributed by atoms with Crippen LogP contribution in [0.3, 0.4) is 0 Å². The average molecular weight is 387 g/mol. The highest BCUT2D eigenvalue weighted by molar-refractivity contribution is 7.99. The summed E-state index contributed by atoms with van der Waals surface area (Å²) in [7, 11) is 0. The fraction of sp³-hybridized carbons (Fsp3) is 0.200. The Morgan fingerprint density at radius 2 is 1.89 bits per heavy atom. The number of aromatic nitrogens is 2. The molecule has 0 atom stereocenters. The summed E-state index contributed by atoms with van der Waals surface area (Å²) < 4.78 is 27.4. The van der Waals surface area contributed by atoms with Crippen LogP contribution < -0.4 is 0 Å². The fourth-order valence-corrected chi connectivity index (χ4v) is 3.43. The molecule has 0 N–H and O–H groups in total. The van der Waals surface area contributed by atoms with Crippen LogP contribution in [-0.2, 0) is 17.9 Å². The molecule has 0 unspecified atom stereocenters. The Balaban J connectivity index is 1.87. The van der Waals surface area contributed by atoms with Crippen molar-refractivity contribution in [1.82, 2.24) is 14.5 Å². The Hall–Kier alpha value is -2.67. The maximum Gasteiger partial charge on any atom is 0.291 e. The van der Waals surface area contributed by atoms with Crippen LogP contribution in [0.1, 0.15) is 5.56 Å². The first kappa shape index (κ1) is 19.1. The lowest BCUT2D eigenvalue weighted by Crippen LogP contribution is -2.33. The molecule has 0 aliphatic carbocycles. The quantitative estimate of drug-likeness (QED) is 0.420. The Morgan fingerprint density at radius 3 is 2.59 bits per heavy atom. The van der Waals surface area contributed by atoms with Gasteiger partial charge in [-0.05, 0) is 29.5 Å². The molecule has 0 aliphatic rings. The molecule has 0 saturated heterocycles. The highest BCUT2D eigenvalue weighted by Crippen LogP contribution is 2.28. The van der Waals surface area contributed by atoms with Crippen LogP contribution >= 0.6 is 11.8 Å². The highest BCUT2D eigenvalue weighted by atomic mass is 32.2. The third kappa shape index (κ3) is 4.74. The second kappa shape index (κ2) is 8.81. The van der Waals surface area contributed by atoms with Gasteiger partial charge in [-0.15, -0.1) is 6.58 Å². The van der Waals surface area contributed by atoms with E-state index in [1.807, 2.05) is 30.3 Å². The van der Waals surface area contributed by atoms with Gasteiger partial charge in [0.05, 0.1) is 11.0 Å². The predicted molar refractivity (Wildman–Crippen MR) is 104 cm³/mol. The minimum Gasteiger partial charge on any atom is -0.333 e. The van der Waals surface area contributed by atoms with Crippen LogP contribution in [0.2, 0.25) is 0 Å². The number of imidazole rings is 1. The van der Waals surface area contributed by atoms with E-state index < -0.39 is 5.76 Å². The van der Waals surface area contributed by atoms with Crippen molar-refractivity contribution in [3.63, 3.8) is 0 Å². The topological polar surface area (TPSA) is 38.1 Å². The van der Waals surface area contributed by atoms with E-state index >= 15 is 0 Å². The molecule has 1 heterocycles. The van der Waals surface area contributed by atoms with Gasteiger partial charge in [-0.2, -0.15) is 8.78 Å². The third-order valence-electron chi connectivity index (χ3n) is 4.03. The van der Waals surface area contributed by atoms with Crippen LogP contribution in [0.25, 0.3) is 11.0 Å². The molecule has 3 rings (SSSR count). The molecular formula is C20H19F2N3OS. The van der Waals surface area contributed by atoms with Gasteiger partial charge in [-0.1, -0.05) is 48.5 Å². The summed E-state index contributed by atoms with van der Waals surface area (Å²) in [6.45, 7) is 4.45. The maximum atomic E-state index is 12.9. The van der Waals surface area contributed by atoms with Crippen molar-refractivity contribution in [2.45, 2.75) is 24.0 Å². The Kier molecular flexibility index (Phi) is 6.24. The highest BCUT2D eigenvalue weighted by Gasteiger charge is 2.20. The van der Waals surface area contributed by atoms with Gasteiger partial charge in [0.1, 0.15) is 6.54 Å². The van der Waals surface area contributed by atoms with E-state index in [1.54, 1.807) is 39.8 Å². The number of nitrogens with zero attached hydrogens (tertiary/aromatic N) is 3. The maximum absolute atomic E-state index is 12.9. The molecular weight excluding hydrogens is 368 g/mol. The summed E-state index contributed by atoms with van der Waals surface area (Å²) in [5.74, 6) is -2.79. The van der Waals surface area contributed by atoms with Gasteiger partial charge in [0, 0.05) is 13.1 Å². The number of benzene rings is 2. The molecule has 140 valence electrons. The summed E-state index contributed by atoms with van der Waals surface area (Å²) in [6.07, 6.45) is 1.65. The minimum atomic E-state index is -2.61. The van der Waals surface area contributed by atoms with E-state index in [0.717, 1.165) is 5.56 Å². The molecule has 0 saturated carbocycles. The molecule has 0 bridgehead atoms. The smallest absolute Gasteiger partial charge is 0.291 e. The number of carbonyl (C=O) groups excluding carboxylic acids is 1. The number of amides is 1.